The topological polar surface area (TPSA) is 79.5 Å². The maximum absolute atomic E-state index is 13.1. The maximum atomic E-state index is 13.1. The molecule has 140 valence electrons. The van der Waals surface area contributed by atoms with Crippen LogP contribution < -0.4 is 20.7 Å². The van der Waals surface area contributed by atoms with Crippen LogP contribution in [0.2, 0.25) is 0 Å². The number of benzene rings is 2. The van der Waals surface area contributed by atoms with Gasteiger partial charge >= 0.3 is 6.03 Å². The molecule has 0 radical (unpaired) electrons. The highest BCUT2D eigenvalue weighted by molar-refractivity contribution is 6.06. The van der Waals surface area contributed by atoms with Gasteiger partial charge in [0.05, 0.1) is 18.2 Å². The Balaban J connectivity index is 1.89. The Bertz CT molecular complexity index is 876. The number of urea groups is 1. The van der Waals surface area contributed by atoms with Crippen LogP contribution in [0.4, 0.5) is 14.9 Å². The average Bonchev–Trinajstić information content (AvgIpc) is 2.64. The molecule has 0 saturated carbocycles. The van der Waals surface area contributed by atoms with Gasteiger partial charge in [-0.2, -0.15) is 0 Å². The van der Waals surface area contributed by atoms with Crippen LogP contribution in [0.5, 0.6) is 5.75 Å². The van der Waals surface area contributed by atoms with Crippen molar-refractivity contribution < 1.29 is 18.7 Å². The van der Waals surface area contributed by atoms with E-state index in [2.05, 4.69) is 16.0 Å². The molecule has 6 nitrogen and oxygen atoms in total. The van der Waals surface area contributed by atoms with Crippen LogP contribution in [0.3, 0.4) is 0 Å². The maximum Gasteiger partial charge on any atom is 0.319 e. The minimum absolute atomic E-state index is 0.378. The first-order chi connectivity index (χ1) is 13.0. The lowest BCUT2D eigenvalue weighted by molar-refractivity contribution is -0.113. The quantitative estimate of drug-likeness (QED) is 0.755. The number of anilines is 1. The van der Waals surface area contributed by atoms with E-state index < -0.39 is 6.04 Å². The van der Waals surface area contributed by atoms with Gasteiger partial charge in [0.2, 0.25) is 0 Å². The van der Waals surface area contributed by atoms with Gasteiger partial charge in [0.1, 0.15) is 11.6 Å². The van der Waals surface area contributed by atoms with Gasteiger partial charge in [0.25, 0.3) is 5.91 Å². The first-order valence-electron chi connectivity index (χ1n) is 8.56. The number of carbonyl (C=O) groups is 2. The number of hydrogen-bond donors (Lipinski definition) is 3. The van der Waals surface area contributed by atoms with Gasteiger partial charge < -0.3 is 20.7 Å². The monoisotopic (exact) mass is 369 g/mol. The van der Waals surface area contributed by atoms with E-state index in [0.717, 1.165) is 5.56 Å². The van der Waals surface area contributed by atoms with Gasteiger partial charge in [-0.25, -0.2) is 9.18 Å². The van der Waals surface area contributed by atoms with Crippen molar-refractivity contribution in [3.63, 3.8) is 0 Å². The smallest absolute Gasteiger partial charge is 0.319 e. The fourth-order valence-corrected chi connectivity index (χ4v) is 2.90. The Labute approximate surface area is 156 Å². The van der Waals surface area contributed by atoms with Gasteiger partial charge in [-0.1, -0.05) is 12.1 Å². The Kier molecular flexibility index (Phi) is 5.40. The molecule has 27 heavy (non-hydrogen) atoms. The summed E-state index contributed by atoms with van der Waals surface area (Å²) in [6.45, 7) is 4.11. The van der Waals surface area contributed by atoms with Crippen LogP contribution >= 0.6 is 0 Å². The summed E-state index contributed by atoms with van der Waals surface area (Å²) in [5.74, 6) is -0.0627. The van der Waals surface area contributed by atoms with Gasteiger partial charge in [0, 0.05) is 11.4 Å². The summed E-state index contributed by atoms with van der Waals surface area (Å²) in [5.41, 5.74) is 2.04. The van der Waals surface area contributed by atoms with Crippen molar-refractivity contribution in [2.24, 2.45) is 0 Å². The molecule has 1 aliphatic heterocycles. The largest absolute Gasteiger partial charge is 0.494 e. The molecule has 3 N–H and O–H groups in total. The Morgan fingerprint density at radius 2 is 1.81 bits per heavy atom. The van der Waals surface area contributed by atoms with E-state index in [-0.39, 0.29) is 17.8 Å². The lowest BCUT2D eigenvalue weighted by atomic mass is 9.94. The number of carbonyl (C=O) groups excluding carboxylic acids is 2. The molecule has 0 aromatic heterocycles. The van der Waals surface area contributed by atoms with E-state index in [4.69, 9.17) is 4.74 Å². The Hall–Kier alpha value is -3.35. The molecule has 0 saturated heterocycles. The van der Waals surface area contributed by atoms with Crippen molar-refractivity contribution in [3.8, 4) is 5.75 Å². The molecule has 1 aliphatic rings. The summed E-state index contributed by atoms with van der Waals surface area (Å²) >= 11 is 0. The number of allylic oxidation sites excluding steroid dienone is 1. The second-order valence-electron chi connectivity index (χ2n) is 6.03. The van der Waals surface area contributed by atoms with Crippen LogP contribution in [-0.4, -0.2) is 18.5 Å². The van der Waals surface area contributed by atoms with Gasteiger partial charge in [-0.05, 0) is 55.8 Å². The summed E-state index contributed by atoms with van der Waals surface area (Å²) in [6, 6.07) is 11.7. The molecule has 0 aliphatic carbocycles. The molecule has 1 heterocycles. The average molecular weight is 369 g/mol. The molecule has 2 aromatic carbocycles. The number of nitrogens with one attached hydrogen (secondary N) is 3. The fraction of sp³-hybridized carbons (Fsp3) is 0.200. The van der Waals surface area contributed by atoms with E-state index in [9.17, 15) is 14.0 Å². The molecule has 3 rings (SSSR count). The van der Waals surface area contributed by atoms with Crippen molar-refractivity contribution in [1.82, 2.24) is 10.6 Å². The number of ether oxygens (including phenoxy) is 1. The third-order valence-corrected chi connectivity index (χ3v) is 4.14. The molecule has 0 bridgehead atoms. The SMILES string of the molecule is CCOc1ccc(C2NC(=O)NC(C)=C2C(=O)Nc2ccc(F)cc2)cc1. The second kappa shape index (κ2) is 7.90. The Morgan fingerprint density at radius 3 is 2.44 bits per heavy atom. The molecule has 0 fully saturated rings. The first-order valence-corrected chi connectivity index (χ1v) is 8.56. The van der Waals surface area contributed by atoms with Crippen LogP contribution in [0.1, 0.15) is 25.5 Å². The first kappa shape index (κ1) is 18.4. The van der Waals surface area contributed by atoms with E-state index in [1.165, 1.54) is 24.3 Å². The molecule has 2 aromatic rings. The lowest BCUT2D eigenvalue weighted by Crippen LogP contribution is -2.45. The van der Waals surface area contributed by atoms with Crippen LogP contribution in [-0.2, 0) is 4.79 Å². The van der Waals surface area contributed by atoms with Crippen molar-refractivity contribution in [2.45, 2.75) is 19.9 Å². The molecule has 1 unspecified atom stereocenters. The van der Waals surface area contributed by atoms with Crippen molar-refractivity contribution in [1.29, 1.82) is 0 Å². The highest BCUT2D eigenvalue weighted by atomic mass is 19.1. The number of hydrogen-bond acceptors (Lipinski definition) is 3. The predicted octanol–water partition coefficient (Wildman–Crippen LogP) is 3.49. The molecular formula is C20H20FN3O3. The standard InChI is InChI=1S/C20H20FN3O3/c1-3-27-16-10-4-13(5-11-16)18-17(12(2)22-20(26)24-18)19(25)23-15-8-6-14(21)7-9-15/h4-11,18H,3H2,1-2H3,(H,23,25)(H2,22,24,26). The van der Waals surface area contributed by atoms with Gasteiger partial charge in [-0.15, -0.1) is 0 Å². The molecular weight excluding hydrogens is 349 g/mol. The molecule has 0 spiro atoms. The van der Waals surface area contributed by atoms with Crippen LogP contribution in [0.25, 0.3) is 0 Å². The van der Waals surface area contributed by atoms with Gasteiger partial charge in [-0.3, -0.25) is 4.79 Å². The fourth-order valence-electron chi connectivity index (χ4n) is 2.90. The lowest BCUT2D eigenvalue weighted by Gasteiger charge is -2.28. The summed E-state index contributed by atoms with van der Waals surface area (Å²) < 4.78 is 18.5. The predicted molar refractivity (Wildman–Crippen MR) is 99.7 cm³/mol. The van der Waals surface area contributed by atoms with E-state index >= 15 is 0 Å². The summed E-state index contributed by atoms with van der Waals surface area (Å²) in [6.07, 6.45) is 0. The van der Waals surface area contributed by atoms with Crippen LogP contribution in [0, 0.1) is 5.82 Å². The summed E-state index contributed by atoms with van der Waals surface area (Å²) in [7, 11) is 0. The molecule has 3 amide bonds. The van der Waals surface area contributed by atoms with Crippen molar-refractivity contribution in [2.75, 3.05) is 11.9 Å². The third-order valence-electron chi connectivity index (χ3n) is 4.14. The van der Waals surface area contributed by atoms with Crippen molar-refractivity contribution in [3.05, 3.63) is 71.2 Å². The minimum Gasteiger partial charge on any atom is -0.494 e. The summed E-state index contributed by atoms with van der Waals surface area (Å²) in [5, 5.41) is 8.13. The highest BCUT2D eigenvalue weighted by Crippen LogP contribution is 2.29. The highest BCUT2D eigenvalue weighted by Gasteiger charge is 2.31. The molecule has 1 atom stereocenters. The third kappa shape index (κ3) is 4.25. The molecule has 7 heteroatoms. The van der Waals surface area contributed by atoms with E-state index in [0.29, 0.717) is 29.3 Å². The number of halogens is 1. The number of rotatable bonds is 5. The zero-order valence-electron chi connectivity index (χ0n) is 15.0. The van der Waals surface area contributed by atoms with Gasteiger partial charge in [0.15, 0.2) is 0 Å². The summed E-state index contributed by atoms with van der Waals surface area (Å²) in [4.78, 5) is 24.8. The van der Waals surface area contributed by atoms with E-state index in [1.807, 2.05) is 6.92 Å². The minimum atomic E-state index is -0.616. The zero-order chi connectivity index (χ0) is 19.4. The van der Waals surface area contributed by atoms with E-state index in [1.54, 1.807) is 31.2 Å². The van der Waals surface area contributed by atoms with Crippen LogP contribution in [0.15, 0.2) is 59.8 Å². The Morgan fingerprint density at radius 1 is 1.15 bits per heavy atom. The second-order valence-corrected chi connectivity index (χ2v) is 6.03. The van der Waals surface area contributed by atoms with Crippen molar-refractivity contribution >= 4 is 17.6 Å². The normalized spacial score (nSPS) is 16.4. The zero-order valence-corrected chi connectivity index (χ0v) is 15.0. The number of amides is 3.